The molecule has 1 N–H and O–H groups in total. The van der Waals surface area contributed by atoms with Crippen LogP contribution in [0.5, 0.6) is 0 Å². The summed E-state index contributed by atoms with van der Waals surface area (Å²) in [5, 5.41) is 7.60. The van der Waals surface area contributed by atoms with Gasteiger partial charge in [0, 0.05) is 6.08 Å². The van der Waals surface area contributed by atoms with E-state index < -0.39 is 5.97 Å². The van der Waals surface area contributed by atoms with Crippen LogP contribution >= 0.6 is 0 Å². The minimum atomic E-state index is -0.981. The Labute approximate surface area is 148 Å². The Morgan fingerprint density at radius 3 is 1.88 bits per heavy atom. The van der Waals surface area contributed by atoms with Crippen LogP contribution < -0.4 is 0 Å². The van der Waals surface area contributed by atoms with Gasteiger partial charge in [0.2, 0.25) is 0 Å². The van der Waals surface area contributed by atoms with Gasteiger partial charge in [-0.2, -0.15) is 0 Å². The van der Waals surface area contributed by atoms with Crippen LogP contribution in [0.15, 0.2) is 12.7 Å². The largest absolute Gasteiger partial charge is 0.478 e. The van der Waals surface area contributed by atoms with E-state index in [1.807, 2.05) is 6.92 Å². The Bertz CT molecular complexity index is 324. The molecule has 4 heteroatoms. The van der Waals surface area contributed by atoms with E-state index in [2.05, 4.69) is 27.4 Å². The van der Waals surface area contributed by atoms with E-state index in [1.165, 1.54) is 44.9 Å². The van der Waals surface area contributed by atoms with Gasteiger partial charge in [-0.15, -0.1) is 0 Å². The van der Waals surface area contributed by atoms with Crippen LogP contribution in [0.3, 0.4) is 0 Å². The first-order valence-corrected chi connectivity index (χ1v) is 9.37. The summed E-state index contributed by atoms with van der Waals surface area (Å²) < 4.78 is 5.31. The van der Waals surface area contributed by atoms with Crippen LogP contribution in [0, 0.1) is 11.8 Å². The second-order valence-corrected chi connectivity index (χ2v) is 6.72. The van der Waals surface area contributed by atoms with Gasteiger partial charge in [0.05, 0.1) is 12.5 Å². The van der Waals surface area contributed by atoms with E-state index in [1.54, 1.807) is 0 Å². The lowest BCUT2D eigenvalue weighted by Crippen LogP contribution is -2.17. The van der Waals surface area contributed by atoms with Crippen LogP contribution in [0.1, 0.15) is 85.5 Å². The third kappa shape index (κ3) is 20.7. The van der Waals surface area contributed by atoms with E-state index in [-0.39, 0.29) is 11.9 Å². The number of rotatable bonds is 13. The van der Waals surface area contributed by atoms with Gasteiger partial charge >= 0.3 is 11.9 Å². The number of aliphatic carboxylic acids is 1. The third-order valence-electron chi connectivity index (χ3n) is 3.64. The zero-order valence-corrected chi connectivity index (χ0v) is 16.2. The molecule has 0 aromatic heterocycles. The molecule has 4 nitrogen and oxygen atoms in total. The average Bonchev–Trinajstić information content (AvgIpc) is 2.52. The molecular weight excluding hydrogens is 304 g/mol. The van der Waals surface area contributed by atoms with Crippen LogP contribution in [0.4, 0.5) is 0 Å². The summed E-state index contributed by atoms with van der Waals surface area (Å²) in [7, 11) is 0. The second kappa shape index (κ2) is 18.0. The van der Waals surface area contributed by atoms with Gasteiger partial charge in [0.15, 0.2) is 0 Å². The number of carbonyl (C=O) groups is 2. The van der Waals surface area contributed by atoms with Crippen LogP contribution in [0.25, 0.3) is 0 Å². The molecule has 0 amide bonds. The predicted octanol–water partition coefficient (Wildman–Crippen LogP) is 5.61. The highest BCUT2D eigenvalue weighted by molar-refractivity contribution is 5.78. The van der Waals surface area contributed by atoms with Crippen molar-refractivity contribution < 1.29 is 19.4 Å². The summed E-state index contributed by atoms with van der Waals surface area (Å²) in [6.45, 7) is 12.1. The first-order valence-electron chi connectivity index (χ1n) is 9.37. The van der Waals surface area contributed by atoms with E-state index in [0.29, 0.717) is 12.5 Å². The lowest BCUT2D eigenvalue weighted by Gasteiger charge is -2.13. The molecular formula is C20H38O4. The minimum absolute atomic E-state index is 0.0170. The number of carboxylic acids is 1. The summed E-state index contributed by atoms with van der Waals surface area (Å²) in [6.07, 6.45) is 12.0. The quantitative estimate of drug-likeness (QED) is 0.268. The SMILES string of the molecule is C=CC(=O)O.CCCCCCCCCCOC(=O)C(C)CC(C)C. The molecule has 0 aliphatic rings. The zero-order valence-electron chi connectivity index (χ0n) is 16.2. The Kier molecular flexibility index (Phi) is 18.7. The van der Waals surface area contributed by atoms with Crippen molar-refractivity contribution >= 4 is 11.9 Å². The summed E-state index contributed by atoms with van der Waals surface area (Å²) in [4.78, 5) is 20.9. The van der Waals surface area contributed by atoms with Crippen molar-refractivity contribution in [3.05, 3.63) is 12.7 Å². The molecule has 0 aliphatic carbocycles. The van der Waals surface area contributed by atoms with Crippen LogP contribution in [-0.4, -0.2) is 23.7 Å². The highest BCUT2D eigenvalue weighted by Gasteiger charge is 2.15. The summed E-state index contributed by atoms with van der Waals surface area (Å²) in [6, 6.07) is 0. The first kappa shape index (κ1) is 24.9. The van der Waals surface area contributed by atoms with Crippen molar-refractivity contribution in [2.45, 2.75) is 85.5 Å². The van der Waals surface area contributed by atoms with Gasteiger partial charge in [0.25, 0.3) is 0 Å². The van der Waals surface area contributed by atoms with Gasteiger partial charge in [-0.05, 0) is 18.8 Å². The molecule has 0 fully saturated rings. The van der Waals surface area contributed by atoms with Crippen LogP contribution in [0.2, 0.25) is 0 Å². The van der Waals surface area contributed by atoms with Gasteiger partial charge in [-0.3, -0.25) is 4.79 Å². The van der Waals surface area contributed by atoms with Crippen molar-refractivity contribution in [2.75, 3.05) is 6.61 Å². The number of ether oxygens (including phenoxy) is 1. The van der Waals surface area contributed by atoms with Gasteiger partial charge in [-0.25, -0.2) is 4.79 Å². The highest BCUT2D eigenvalue weighted by Crippen LogP contribution is 2.13. The lowest BCUT2D eigenvalue weighted by atomic mass is 9.99. The second-order valence-electron chi connectivity index (χ2n) is 6.72. The van der Waals surface area contributed by atoms with Crippen molar-refractivity contribution in [3.8, 4) is 0 Å². The molecule has 0 aromatic rings. The van der Waals surface area contributed by atoms with Crippen molar-refractivity contribution in [3.63, 3.8) is 0 Å². The summed E-state index contributed by atoms with van der Waals surface area (Å²) in [5.41, 5.74) is 0. The Hall–Kier alpha value is -1.32. The number of hydrogen-bond donors (Lipinski definition) is 1. The molecule has 142 valence electrons. The standard InChI is InChI=1S/C17H34O2.C3H4O2/c1-5-6-7-8-9-10-11-12-13-19-17(18)16(4)14-15(2)3;1-2-3(4)5/h15-16H,5-14H2,1-4H3;2H,1H2,(H,4,5). The van der Waals surface area contributed by atoms with Gasteiger partial charge < -0.3 is 9.84 Å². The number of esters is 1. The van der Waals surface area contributed by atoms with E-state index in [9.17, 15) is 9.59 Å². The molecule has 1 unspecified atom stereocenters. The maximum atomic E-state index is 11.7. The normalized spacial score (nSPS) is 11.4. The fourth-order valence-electron chi connectivity index (χ4n) is 2.35. The molecule has 0 rings (SSSR count). The number of carbonyl (C=O) groups excluding carboxylic acids is 1. The molecule has 0 saturated carbocycles. The maximum Gasteiger partial charge on any atom is 0.327 e. The molecule has 0 spiro atoms. The minimum Gasteiger partial charge on any atom is -0.478 e. The fourth-order valence-corrected chi connectivity index (χ4v) is 2.35. The van der Waals surface area contributed by atoms with Crippen molar-refractivity contribution in [1.29, 1.82) is 0 Å². The van der Waals surface area contributed by atoms with E-state index in [4.69, 9.17) is 9.84 Å². The summed E-state index contributed by atoms with van der Waals surface area (Å²) >= 11 is 0. The first-order chi connectivity index (χ1) is 11.3. The summed E-state index contributed by atoms with van der Waals surface area (Å²) in [5.74, 6) is -0.388. The molecule has 0 radical (unpaired) electrons. The molecule has 1 atom stereocenters. The molecule has 24 heavy (non-hydrogen) atoms. The Morgan fingerprint density at radius 2 is 1.46 bits per heavy atom. The molecule has 0 bridgehead atoms. The predicted molar refractivity (Wildman–Crippen MR) is 100 cm³/mol. The van der Waals surface area contributed by atoms with E-state index in [0.717, 1.165) is 18.9 Å². The smallest absolute Gasteiger partial charge is 0.327 e. The topological polar surface area (TPSA) is 63.6 Å². The third-order valence-corrected chi connectivity index (χ3v) is 3.64. The number of carboxylic acid groups (broad SMARTS) is 1. The number of hydrogen-bond acceptors (Lipinski definition) is 3. The maximum absolute atomic E-state index is 11.7. The Balaban J connectivity index is 0. The average molecular weight is 343 g/mol. The molecule has 0 aliphatic heterocycles. The molecule has 0 heterocycles. The van der Waals surface area contributed by atoms with Crippen molar-refractivity contribution in [2.24, 2.45) is 11.8 Å². The monoisotopic (exact) mass is 342 g/mol. The van der Waals surface area contributed by atoms with E-state index >= 15 is 0 Å². The Morgan fingerprint density at radius 1 is 1.00 bits per heavy atom. The molecule has 0 saturated heterocycles. The fraction of sp³-hybridized carbons (Fsp3) is 0.800. The van der Waals surface area contributed by atoms with Gasteiger partial charge in [-0.1, -0.05) is 79.2 Å². The van der Waals surface area contributed by atoms with Gasteiger partial charge in [0.1, 0.15) is 0 Å². The molecule has 0 aromatic carbocycles. The zero-order chi connectivity index (χ0) is 18.8. The highest BCUT2D eigenvalue weighted by atomic mass is 16.5. The number of unbranched alkanes of at least 4 members (excludes halogenated alkanes) is 7. The van der Waals surface area contributed by atoms with Crippen LogP contribution in [-0.2, 0) is 14.3 Å². The van der Waals surface area contributed by atoms with Crippen molar-refractivity contribution in [1.82, 2.24) is 0 Å². The lowest BCUT2D eigenvalue weighted by molar-refractivity contribution is -0.148.